The van der Waals surface area contributed by atoms with Crippen LogP contribution < -0.4 is 0 Å². The van der Waals surface area contributed by atoms with E-state index < -0.39 is 9.84 Å². The van der Waals surface area contributed by atoms with Gasteiger partial charge < -0.3 is 4.90 Å². The van der Waals surface area contributed by atoms with Gasteiger partial charge in [-0.25, -0.2) is 8.42 Å². The molecule has 24 heavy (non-hydrogen) atoms. The Balaban J connectivity index is 1.62. The zero-order chi connectivity index (χ0) is 17.3. The van der Waals surface area contributed by atoms with Crippen LogP contribution in [0.5, 0.6) is 0 Å². The molecule has 1 aliphatic heterocycles. The molecular weight excluding hydrogens is 330 g/mol. The number of hydrogen-bond acceptors (Lipinski definition) is 5. The predicted molar refractivity (Wildman–Crippen MR) is 87.2 cm³/mol. The fourth-order valence-electron chi connectivity index (χ4n) is 3.09. The van der Waals surface area contributed by atoms with Crippen molar-refractivity contribution >= 4 is 15.7 Å². The SMILES string of the molecule is Cc1ccnn1CCC(=O)N1CCC(c2[nH]ncc2S(C)(=O)=O)C1. The molecule has 9 heteroatoms. The highest BCUT2D eigenvalue weighted by Crippen LogP contribution is 2.30. The van der Waals surface area contributed by atoms with Crippen molar-refractivity contribution in [1.29, 1.82) is 0 Å². The van der Waals surface area contributed by atoms with Crippen molar-refractivity contribution in [3.05, 3.63) is 29.8 Å². The number of H-pyrrole nitrogens is 1. The van der Waals surface area contributed by atoms with E-state index in [2.05, 4.69) is 15.3 Å². The van der Waals surface area contributed by atoms with E-state index in [1.807, 2.05) is 17.7 Å². The number of aryl methyl sites for hydroxylation is 2. The lowest BCUT2D eigenvalue weighted by molar-refractivity contribution is -0.130. The minimum absolute atomic E-state index is 0.0207. The number of sulfone groups is 1. The number of carbonyl (C=O) groups is 1. The molecule has 0 radical (unpaired) electrons. The highest BCUT2D eigenvalue weighted by molar-refractivity contribution is 7.90. The maximum absolute atomic E-state index is 12.4. The lowest BCUT2D eigenvalue weighted by Crippen LogP contribution is -2.29. The molecule has 130 valence electrons. The molecule has 2 aromatic heterocycles. The zero-order valence-electron chi connectivity index (χ0n) is 13.8. The van der Waals surface area contributed by atoms with Crippen molar-refractivity contribution in [3.63, 3.8) is 0 Å². The van der Waals surface area contributed by atoms with E-state index >= 15 is 0 Å². The zero-order valence-corrected chi connectivity index (χ0v) is 14.6. The first-order valence-corrected chi connectivity index (χ1v) is 9.75. The first-order valence-electron chi connectivity index (χ1n) is 7.86. The summed E-state index contributed by atoms with van der Waals surface area (Å²) in [6.07, 6.45) is 5.35. The Morgan fingerprint density at radius 2 is 2.25 bits per heavy atom. The molecule has 0 saturated carbocycles. The molecule has 1 amide bonds. The molecule has 3 rings (SSSR count). The van der Waals surface area contributed by atoms with Crippen LogP contribution in [0, 0.1) is 6.92 Å². The van der Waals surface area contributed by atoms with Gasteiger partial charge in [-0.3, -0.25) is 14.6 Å². The van der Waals surface area contributed by atoms with Gasteiger partial charge in [0.1, 0.15) is 4.90 Å². The largest absolute Gasteiger partial charge is 0.342 e. The number of carbonyl (C=O) groups excluding carboxylic acids is 1. The van der Waals surface area contributed by atoms with E-state index in [0.29, 0.717) is 31.7 Å². The average molecular weight is 351 g/mol. The molecule has 1 saturated heterocycles. The number of nitrogens with one attached hydrogen (secondary N) is 1. The summed E-state index contributed by atoms with van der Waals surface area (Å²) < 4.78 is 25.4. The minimum atomic E-state index is -3.32. The average Bonchev–Trinajstić information content (AvgIpc) is 3.24. The molecule has 1 aliphatic rings. The number of rotatable bonds is 5. The van der Waals surface area contributed by atoms with Gasteiger partial charge >= 0.3 is 0 Å². The van der Waals surface area contributed by atoms with Gasteiger partial charge in [-0.05, 0) is 19.4 Å². The van der Waals surface area contributed by atoms with Crippen molar-refractivity contribution in [2.45, 2.75) is 37.1 Å². The Bertz CT molecular complexity index is 839. The maximum Gasteiger partial charge on any atom is 0.224 e. The monoisotopic (exact) mass is 351 g/mol. The van der Waals surface area contributed by atoms with E-state index in [4.69, 9.17) is 0 Å². The summed E-state index contributed by atoms with van der Waals surface area (Å²) in [7, 11) is -3.32. The second kappa shape index (κ2) is 6.39. The lowest BCUT2D eigenvalue weighted by Gasteiger charge is -2.17. The first kappa shape index (κ1) is 16.7. The van der Waals surface area contributed by atoms with Crippen molar-refractivity contribution in [1.82, 2.24) is 24.9 Å². The number of hydrogen-bond donors (Lipinski definition) is 1. The number of amides is 1. The van der Waals surface area contributed by atoms with Crippen LogP contribution in [0.15, 0.2) is 23.4 Å². The molecule has 0 aromatic carbocycles. The van der Waals surface area contributed by atoms with Gasteiger partial charge in [0.05, 0.1) is 11.9 Å². The summed E-state index contributed by atoms with van der Waals surface area (Å²) in [5.74, 6) is 0.0421. The number of aromatic nitrogens is 4. The third kappa shape index (κ3) is 3.35. The van der Waals surface area contributed by atoms with Crippen LogP contribution in [-0.2, 0) is 21.2 Å². The topological polar surface area (TPSA) is 101 Å². The molecule has 1 fully saturated rings. The maximum atomic E-state index is 12.4. The molecule has 0 spiro atoms. The number of nitrogens with zero attached hydrogens (tertiary/aromatic N) is 4. The normalized spacial score (nSPS) is 18.2. The summed E-state index contributed by atoms with van der Waals surface area (Å²) in [4.78, 5) is 14.4. The van der Waals surface area contributed by atoms with Gasteiger partial charge in [-0.15, -0.1) is 0 Å². The molecule has 3 heterocycles. The van der Waals surface area contributed by atoms with Crippen molar-refractivity contribution in [2.24, 2.45) is 0 Å². The fourth-order valence-corrected chi connectivity index (χ4v) is 3.94. The lowest BCUT2D eigenvalue weighted by atomic mass is 10.1. The standard InChI is InChI=1S/C15H21N5O3S/c1-11-3-6-17-20(11)8-5-14(21)19-7-4-12(10-19)15-13(9-16-18-15)24(2,22)23/h3,6,9,12H,4-5,7-8,10H2,1-2H3,(H,16,18). The third-order valence-electron chi connectivity index (χ3n) is 4.45. The first-order chi connectivity index (χ1) is 11.4. The third-order valence-corrected chi connectivity index (χ3v) is 5.57. The van der Waals surface area contributed by atoms with Crippen molar-refractivity contribution < 1.29 is 13.2 Å². The van der Waals surface area contributed by atoms with E-state index in [-0.39, 0.29) is 16.7 Å². The molecule has 0 aliphatic carbocycles. The summed E-state index contributed by atoms with van der Waals surface area (Å²) in [5, 5.41) is 10.8. The van der Waals surface area contributed by atoms with Gasteiger partial charge in [0.25, 0.3) is 0 Å². The Hall–Kier alpha value is -2.16. The fraction of sp³-hybridized carbons (Fsp3) is 0.533. The van der Waals surface area contributed by atoms with Crippen molar-refractivity contribution in [2.75, 3.05) is 19.3 Å². The van der Waals surface area contributed by atoms with Crippen LogP contribution in [0.4, 0.5) is 0 Å². The molecular formula is C15H21N5O3S. The molecule has 2 aromatic rings. The van der Waals surface area contributed by atoms with Crippen LogP contribution in [0.2, 0.25) is 0 Å². The molecule has 8 nitrogen and oxygen atoms in total. The summed E-state index contributed by atoms with van der Waals surface area (Å²) in [5.41, 5.74) is 1.63. The Kier molecular flexibility index (Phi) is 4.44. The summed E-state index contributed by atoms with van der Waals surface area (Å²) in [6.45, 7) is 3.65. The smallest absolute Gasteiger partial charge is 0.224 e. The molecule has 0 bridgehead atoms. The van der Waals surface area contributed by atoms with Crippen LogP contribution in [0.3, 0.4) is 0 Å². The van der Waals surface area contributed by atoms with E-state index in [1.54, 1.807) is 11.1 Å². The van der Waals surface area contributed by atoms with Gasteiger partial charge in [-0.2, -0.15) is 10.2 Å². The van der Waals surface area contributed by atoms with Crippen LogP contribution in [0.25, 0.3) is 0 Å². The summed E-state index contributed by atoms with van der Waals surface area (Å²) in [6, 6.07) is 1.90. The van der Waals surface area contributed by atoms with Gasteiger partial charge in [0, 0.05) is 50.1 Å². The Morgan fingerprint density at radius 1 is 1.46 bits per heavy atom. The highest BCUT2D eigenvalue weighted by atomic mass is 32.2. The van der Waals surface area contributed by atoms with Crippen LogP contribution in [0.1, 0.15) is 30.1 Å². The summed E-state index contributed by atoms with van der Waals surface area (Å²) >= 11 is 0. The second-order valence-electron chi connectivity index (χ2n) is 6.19. The van der Waals surface area contributed by atoms with Gasteiger partial charge in [0.2, 0.25) is 5.91 Å². The van der Waals surface area contributed by atoms with Gasteiger partial charge in [-0.1, -0.05) is 0 Å². The molecule has 1 unspecified atom stereocenters. The Labute approximate surface area is 140 Å². The quantitative estimate of drug-likeness (QED) is 0.855. The van der Waals surface area contributed by atoms with Crippen LogP contribution >= 0.6 is 0 Å². The Morgan fingerprint density at radius 3 is 2.92 bits per heavy atom. The van der Waals surface area contributed by atoms with Crippen molar-refractivity contribution in [3.8, 4) is 0 Å². The highest BCUT2D eigenvalue weighted by Gasteiger charge is 2.31. The van der Waals surface area contributed by atoms with E-state index in [1.165, 1.54) is 12.5 Å². The van der Waals surface area contributed by atoms with Crippen LogP contribution in [-0.4, -0.2) is 58.5 Å². The van der Waals surface area contributed by atoms with E-state index in [9.17, 15) is 13.2 Å². The van der Waals surface area contributed by atoms with Gasteiger partial charge in [0.15, 0.2) is 9.84 Å². The number of likely N-dealkylation sites (tertiary alicyclic amines) is 1. The van der Waals surface area contributed by atoms with E-state index in [0.717, 1.165) is 12.1 Å². The molecule has 1 atom stereocenters. The number of aromatic amines is 1. The molecule has 1 N–H and O–H groups in total. The second-order valence-corrected chi connectivity index (χ2v) is 8.18. The minimum Gasteiger partial charge on any atom is -0.342 e. The predicted octanol–water partition coefficient (Wildman–Crippen LogP) is 0.724.